The SMILES string of the molecule is CO[Si](CCC1[CH-]CC(CC[Si](OC)(OC)OC)C1)(OC)OC.[W]. The van der Waals surface area contributed by atoms with Crippen LogP contribution >= 0.6 is 0 Å². The molecule has 6 nitrogen and oxygen atoms in total. The van der Waals surface area contributed by atoms with E-state index in [4.69, 9.17) is 26.6 Å². The maximum atomic E-state index is 5.50. The minimum absolute atomic E-state index is 0. The first-order valence-electron chi connectivity index (χ1n) is 8.16. The van der Waals surface area contributed by atoms with E-state index in [9.17, 15) is 0 Å². The van der Waals surface area contributed by atoms with E-state index < -0.39 is 17.6 Å². The Morgan fingerprint density at radius 1 is 0.750 bits per heavy atom. The second-order valence-corrected chi connectivity index (χ2v) is 12.2. The molecule has 1 aliphatic carbocycles. The van der Waals surface area contributed by atoms with Crippen molar-refractivity contribution in [1.29, 1.82) is 0 Å². The fourth-order valence-electron chi connectivity index (χ4n) is 3.33. The van der Waals surface area contributed by atoms with Crippen molar-refractivity contribution in [2.24, 2.45) is 11.8 Å². The molecule has 1 saturated carbocycles. The van der Waals surface area contributed by atoms with Gasteiger partial charge in [0.05, 0.1) is 0 Å². The molecule has 0 N–H and O–H groups in total. The Hall–Kier alpha value is 0.882. The molecule has 0 aromatic carbocycles. The molecule has 0 spiro atoms. The van der Waals surface area contributed by atoms with Gasteiger partial charge < -0.3 is 33.0 Å². The third-order valence-corrected chi connectivity index (χ3v) is 10.5. The predicted octanol–water partition coefficient (Wildman–Crippen LogP) is 2.75. The number of hydrogen-bond donors (Lipinski definition) is 0. The molecule has 0 aromatic heterocycles. The Morgan fingerprint density at radius 3 is 1.58 bits per heavy atom. The molecular weight excluding hydrogens is 516 g/mol. The molecule has 0 radical (unpaired) electrons. The van der Waals surface area contributed by atoms with Crippen molar-refractivity contribution in [3.8, 4) is 0 Å². The van der Waals surface area contributed by atoms with Crippen molar-refractivity contribution in [2.45, 2.75) is 37.8 Å². The van der Waals surface area contributed by atoms with Gasteiger partial charge in [-0.1, -0.05) is 18.8 Å². The summed E-state index contributed by atoms with van der Waals surface area (Å²) in [5, 5.41) is 0. The summed E-state index contributed by atoms with van der Waals surface area (Å²) in [6.07, 6.45) is 6.91. The van der Waals surface area contributed by atoms with E-state index in [1.807, 2.05) is 0 Å². The van der Waals surface area contributed by atoms with Crippen LogP contribution in [-0.2, 0) is 47.6 Å². The first kappa shape index (κ1) is 24.9. The molecule has 144 valence electrons. The monoisotopic (exact) mass is 549 g/mol. The Labute approximate surface area is 163 Å². The van der Waals surface area contributed by atoms with Gasteiger partial charge in [-0.3, -0.25) is 0 Å². The third-order valence-electron chi connectivity index (χ3n) is 4.98. The minimum atomic E-state index is -2.45. The minimum Gasteiger partial charge on any atom is -0.377 e. The average molecular weight is 549 g/mol. The van der Waals surface area contributed by atoms with Crippen LogP contribution in [0.15, 0.2) is 0 Å². The zero-order chi connectivity index (χ0) is 17.3. The first-order valence-corrected chi connectivity index (χ1v) is 12.0. The molecule has 0 aromatic rings. The van der Waals surface area contributed by atoms with Gasteiger partial charge in [0.15, 0.2) is 0 Å². The van der Waals surface area contributed by atoms with Crippen molar-refractivity contribution >= 4 is 17.6 Å². The summed E-state index contributed by atoms with van der Waals surface area (Å²) >= 11 is 0. The smallest absolute Gasteiger partial charge is 0.377 e. The van der Waals surface area contributed by atoms with Gasteiger partial charge in [0.25, 0.3) is 0 Å². The normalized spacial score (nSPS) is 21.8. The van der Waals surface area contributed by atoms with E-state index in [0.29, 0.717) is 11.8 Å². The van der Waals surface area contributed by atoms with E-state index in [0.717, 1.165) is 31.4 Å². The van der Waals surface area contributed by atoms with Crippen LogP contribution in [0.3, 0.4) is 0 Å². The molecule has 9 heteroatoms. The molecule has 1 aliphatic rings. The topological polar surface area (TPSA) is 55.4 Å². The molecular formula is C15H33O6Si2W-. The standard InChI is InChI=1S/C15H33O6Si2.W/c1-16-22(17-2,18-3)11-9-14-7-8-15(13-14)10-12-23(19-4,20-5)21-6;/h7,14-15H,8-13H2,1-6H3;/q-1;. The maximum Gasteiger partial charge on any atom is 0.500 e. The fraction of sp³-hybridized carbons (Fsp3) is 0.933. The van der Waals surface area contributed by atoms with E-state index >= 15 is 0 Å². The van der Waals surface area contributed by atoms with Crippen LogP contribution < -0.4 is 0 Å². The van der Waals surface area contributed by atoms with E-state index in [1.165, 1.54) is 6.42 Å². The Morgan fingerprint density at radius 2 is 1.17 bits per heavy atom. The molecule has 0 heterocycles. The van der Waals surface area contributed by atoms with Gasteiger partial charge in [0.1, 0.15) is 0 Å². The van der Waals surface area contributed by atoms with Crippen LogP contribution in [0.5, 0.6) is 0 Å². The molecule has 0 aliphatic heterocycles. The van der Waals surface area contributed by atoms with Gasteiger partial charge in [-0.15, -0.1) is 0 Å². The van der Waals surface area contributed by atoms with Crippen LogP contribution in [0.1, 0.15) is 25.7 Å². The number of rotatable bonds is 12. The summed E-state index contributed by atoms with van der Waals surface area (Å²) in [4.78, 5) is 0. The van der Waals surface area contributed by atoms with Crippen LogP contribution in [0.2, 0.25) is 12.1 Å². The Kier molecular flexibility index (Phi) is 12.8. The molecule has 2 unspecified atom stereocenters. The molecule has 1 fully saturated rings. The van der Waals surface area contributed by atoms with Crippen molar-refractivity contribution < 1.29 is 47.6 Å². The van der Waals surface area contributed by atoms with Crippen molar-refractivity contribution in [2.75, 3.05) is 42.7 Å². The van der Waals surface area contributed by atoms with Crippen LogP contribution in [0, 0.1) is 18.3 Å². The Balaban J connectivity index is 0.00000529. The maximum absolute atomic E-state index is 5.50. The second kappa shape index (κ2) is 12.3. The molecule has 0 bridgehead atoms. The van der Waals surface area contributed by atoms with Gasteiger partial charge in [-0.25, -0.2) is 0 Å². The van der Waals surface area contributed by atoms with Gasteiger partial charge >= 0.3 is 17.6 Å². The summed E-state index contributed by atoms with van der Waals surface area (Å²) in [7, 11) is 5.15. The third kappa shape index (κ3) is 6.89. The average Bonchev–Trinajstić information content (AvgIpc) is 3.06. The number of hydrogen-bond acceptors (Lipinski definition) is 6. The van der Waals surface area contributed by atoms with Crippen molar-refractivity contribution in [1.82, 2.24) is 0 Å². The summed E-state index contributed by atoms with van der Waals surface area (Å²) in [6.45, 7) is 0. The van der Waals surface area contributed by atoms with E-state index in [2.05, 4.69) is 6.42 Å². The van der Waals surface area contributed by atoms with Gasteiger partial charge in [0.2, 0.25) is 0 Å². The largest absolute Gasteiger partial charge is 0.500 e. The molecule has 0 amide bonds. The Bertz CT molecular complexity index is 283. The zero-order valence-corrected chi connectivity index (χ0v) is 20.8. The predicted molar refractivity (Wildman–Crippen MR) is 92.9 cm³/mol. The summed E-state index contributed by atoms with van der Waals surface area (Å²) < 4.78 is 33.0. The fourth-order valence-corrected chi connectivity index (χ4v) is 7.04. The molecule has 24 heavy (non-hydrogen) atoms. The summed E-state index contributed by atoms with van der Waals surface area (Å²) in [5.41, 5.74) is 0. The van der Waals surface area contributed by atoms with Crippen molar-refractivity contribution in [3.05, 3.63) is 6.42 Å². The van der Waals surface area contributed by atoms with Gasteiger partial charge in [-0.2, -0.15) is 12.3 Å². The van der Waals surface area contributed by atoms with E-state index in [1.54, 1.807) is 42.7 Å². The van der Waals surface area contributed by atoms with Gasteiger partial charge in [0, 0.05) is 75.8 Å². The van der Waals surface area contributed by atoms with Crippen molar-refractivity contribution in [3.63, 3.8) is 0 Å². The van der Waals surface area contributed by atoms with E-state index in [-0.39, 0.29) is 21.1 Å². The quantitative estimate of drug-likeness (QED) is 0.276. The second-order valence-electron chi connectivity index (χ2n) is 6.00. The summed E-state index contributed by atoms with van der Waals surface area (Å²) in [6, 6.07) is 1.73. The molecule has 0 saturated heterocycles. The van der Waals surface area contributed by atoms with Crippen LogP contribution in [0.4, 0.5) is 0 Å². The molecule has 2 atom stereocenters. The van der Waals surface area contributed by atoms with Crippen LogP contribution in [0.25, 0.3) is 0 Å². The molecule has 1 rings (SSSR count). The van der Waals surface area contributed by atoms with Gasteiger partial charge in [-0.05, 0) is 6.42 Å². The zero-order valence-electron chi connectivity index (χ0n) is 15.8. The van der Waals surface area contributed by atoms with Crippen LogP contribution in [-0.4, -0.2) is 60.3 Å². The first-order chi connectivity index (χ1) is 11.0. The summed E-state index contributed by atoms with van der Waals surface area (Å²) in [5.74, 6) is 1.28.